The number of rotatable bonds is 5. The van der Waals surface area contributed by atoms with Crippen LogP contribution in [-0.2, 0) is 11.2 Å². The number of nitrogens with zero attached hydrogens (tertiary/aromatic N) is 1. The first-order valence-corrected chi connectivity index (χ1v) is 5.01. The van der Waals surface area contributed by atoms with Crippen molar-refractivity contribution >= 4 is 5.97 Å². The lowest BCUT2D eigenvalue weighted by Gasteiger charge is -2.06. The third-order valence-corrected chi connectivity index (χ3v) is 2.13. The van der Waals surface area contributed by atoms with Crippen LogP contribution in [0.2, 0.25) is 0 Å². The molecular weight excluding hydrogens is 206 g/mol. The predicted molar refractivity (Wildman–Crippen MR) is 58.1 cm³/mol. The lowest BCUT2D eigenvalue weighted by atomic mass is 10.0. The van der Waals surface area contributed by atoms with E-state index in [1.165, 1.54) is 0 Å². The zero-order valence-corrected chi connectivity index (χ0v) is 9.01. The van der Waals surface area contributed by atoms with E-state index in [-0.39, 0.29) is 6.42 Å². The molecule has 0 aliphatic carbocycles. The van der Waals surface area contributed by atoms with E-state index in [0.717, 1.165) is 11.3 Å². The van der Waals surface area contributed by atoms with Gasteiger partial charge in [-0.2, -0.15) is 5.26 Å². The number of ether oxygens (including phenoxy) is 1. The van der Waals surface area contributed by atoms with E-state index in [1.807, 2.05) is 6.92 Å². The van der Waals surface area contributed by atoms with Crippen LogP contribution in [0.1, 0.15) is 12.5 Å². The fourth-order valence-corrected chi connectivity index (χ4v) is 1.31. The molecule has 1 atom stereocenters. The number of benzene rings is 1. The van der Waals surface area contributed by atoms with Crippen molar-refractivity contribution < 1.29 is 14.6 Å². The number of aliphatic carboxylic acids is 1. The summed E-state index contributed by atoms with van der Waals surface area (Å²) in [5.41, 5.74) is 0.817. The average molecular weight is 219 g/mol. The summed E-state index contributed by atoms with van der Waals surface area (Å²) in [7, 11) is 0. The van der Waals surface area contributed by atoms with Crippen molar-refractivity contribution in [1.82, 2.24) is 0 Å². The first-order valence-electron chi connectivity index (χ1n) is 5.01. The fourth-order valence-electron chi connectivity index (χ4n) is 1.31. The van der Waals surface area contributed by atoms with E-state index in [2.05, 4.69) is 0 Å². The van der Waals surface area contributed by atoms with Crippen molar-refractivity contribution in [3.8, 4) is 11.8 Å². The zero-order chi connectivity index (χ0) is 12.0. The maximum Gasteiger partial charge on any atom is 0.321 e. The van der Waals surface area contributed by atoms with E-state index in [0.29, 0.717) is 6.61 Å². The Morgan fingerprint density at radius 3 is 2.56 bits per heavy atom. The maximum atomic E-state index is 10.7. The summed E-state index contributed by atoms with van der Waals surface area (Å²) < 4.78 is 5.26. The van der Waals surface area contributed by atoms with Crippen LogP contribution in [0.25, 0.3) is 0 Å². The predicted octanol–water partition coefficient (Wildman–Crippen LogP) is 1.85. The van der Waals surface area contributed by atoms with Crippen LogP contribution in [0.4, 0.5) is 0 Å². The van der Waals surface area contributed by atoms with Crippen molar-refractivity contribution in [1.29, 1.82) is 5.26 Å². The van der Waals surface area contributed by atoms with Gasteiger partial charge in [0.15, 0.2) is 0 Å². The second kappa shape index (κ2) is 5.76. The van der Waals surface area contributed by atoms with Gasteiger partial charge in [0.25, 0.3) is 0 Å². The van der Waals surface area contributed by atoms with Crippen molar-refractivity contribution in [2.24, 2.45) is 5.92 Å². The van der Waals surface area contributed by atoms with Crippen LogP contribution in [0.5, 0.6) is 5.75 Å². The molecule has 16 heavy (non-hydrogen) atoms. The minimum atomic E-state index is -1.09. The molecule has 0 aliphatic rings. The van der Waals surface area contributed by atoms with Crippen molar-refractivity contribution in [2.45, 2.75) is 13.3 Å². The molecule has 0 aromatic heterocycles. The van der Waals surface area contributed by atoms with Gasteiger partial charge in [-0.3, -0.25) is 4.79 Å². The van der Waals surface area contributed by atoms with Crippen LogP contribution in [0.15, 0.2) is 24.3 Å². The van der Waals surface area contributed by atoms with Crippen molar-refractivity contribution in [3.63, 3.8) is 0 Å². The van der Waals surface area contributed by atoms with Crippen molar-refractivity contribution in [3.05, 3.63) is 29.8 Å². The van der Waals surface area contributed by atoms with Gasteiger partial charge in [0, 0.05) is 0 Å². The first kappa shape index (κ1) is 12.1. The van der Waals surface area contributed by atoms with Gasteiger partial charge in [-0.25, -0.2) is 0 Å². The van der Waals surface area contributed by atoms with E-state index in [9.17, 15) is 4.79 Å². The fraction of sp³-hybridized carbons (Fsp3) is 0.333. The Labute approximate surface area is 94.1 Å². The van der Waals surface area contributed by atoms with Gasteiger partial charge in [0.1, 0.15) is 11.7 Å². The number of carboxylic acids is 1. The smallest absolute Gasteiger partial charge is 0.321 e. The highest BCUT2D eigenvalue weighted by Crippen LogP contribution is 2.15. The van der Waals surface area contributed by atoms with E-state index in [1.54, 1.807) is 30.3 Å². The Kier molecular flexibility index (Phi) is 4.34. The summed E-state index contributed by atoms with van der Waals surface area (Å²) in [6.07, 6.45) is 0.220. The molecule has 0 radical (unpaired) electrons. The second-order valence-electron chi connectivity index (χ2n) is 3.30. The summed E-state index contributed by atoms with van der Waals surface area (Å²) in [5.74, 6) is -1.33. The highest BCUT2D eigenvalue weighted by molar-refractivity contribution is 5.73. The monoisotopic (exact) mass is 219 g/mol. The molecule has 0 heterocycles. The van der Waals surface area contributed by atoms with Gasteiger partial charge in [0.05, 0.1) is 12.7 Å². The molecule has 4 heteroatoms. The largest absolute Gasteiger partial charge is 0.494 e. The standard InChI is InChI=1S/C12H13NO3/c1-2-16-11-5-3-9(4-6-11)7-10(8-13)12(14)15/h3-6,10H,2,7H2,1H3,(H,14,15)/t10-/m1/s1. The molecule has 0 aliphatic heterocycles. The molecule has 0 saturated carbocycles. The molecule has 0 unspecified atom stereocenters. The molecule has 1 N–H and O–H groups in total. The summed E-state index contributed by atoms with van der Waals surface area (Å²) in [6.45, 7) is 2.49. The summed E-state index contributed by atoms with van der Waals surface area (Å²) >= 11 is 0. The lowest BCUT2D eigenvalue weighted by Crippen LogP contribution is -2.14. The third kappa shape index (κ3) is 3.28. The van der Waals surface area contributed by atoms with Gasteiger partial charge in [-0.15, -0.1) is 0 Å². The molecule has 1 aromatic rings. The molecule has 0 spiro atoms. The normalized spacial score (nSPS) is 11.5. The second-order valence-corrected chi connectivity index (χ2v) is 3.30. The molecule has 0 fully saturated rings. The van der Waals surface area contributed by atoms with Gasteiger partial charge < -0.3 is 9.84 Å². The Morgan fingerprint density at radius 2 is 2.12 bits per heavy atom. The van der Waals surface area contributed by atoms with Crippen LogP contribution in [0, 0.1) is 17.2 Å². The molecule has 0 bridgehead atoms. The topological polar surface area (TPSA) is 70.3 Å². The van der Waals surface area contributed by atoms with Gasteiger partial charge in [0.2, 0.25) is 0 Å². The minimum absolute atomic E-state index is 0.220. The lowest BCUT2D eigenvalue weighted by molar-refractivity contribution is -0.139. The molecule has 0 amide bonds. The van der Waals surface area contributed by atoms with E-state index >= 15 is 0 Å². The van der Waals surface area contributed by atoms with Gasteiger partial charge in [-0.05, 0) is 31.0 Å². The van der Waals surface area contributed by atoms with Crippen LogP contribution in [0.3, 0.4) is 0 Å². The molecule has 1 rings (SSSR count). The SMILES string of the molecule is CCOc1ccc(C[C@H](C#N)C(=O)O)cc1. The Balaban J connectivity index is 2.68. The molecule has 84 valence electrons. The number of carboxylic acid groups (broad SMARTS) is 1. The maximum absolute atomic E-state index is 10.7. The summed E-state index contributed by atoms with van der Waals surface area (Å²) in [6, 6.07) is 8.86. The number of nitriles is 1. The third-order valence-electron chi connectivity index (χ3n) is 2.13. The molecule has 1 aromatic carbocycles. The van der Waals surface area contributed by atoms with Crippen LogP contribution >= 0.6 is 0 Å². The van der Waals surface area contributed by atoms with Gasteiger partial charge >= 0.3 is 5.97 Å². The summed E-state index contributed by atoms with van der Waals surface area (Å²) in [5, 5.41) is 17.4. The highest BCUT2D eigenvalue weighted by atomic mass is 16.5. The molecule has 0 saturated heterocycles. The number of carbonyl (C=O) groups is 1. The minimum Gasteiger partial charge on any atom is -0.494 e. The molecule has 4 nitrogen and oxygen atoms in total. The number of hydrogen-bond acceptors (Lipinski definition) is 3. The zero-order valence-electron chi connectivity index (χ0n) is 9.01. The summed E-state index contributed by atoms with van der Waals surface area (Å²) in [4.78, 5) is 10.7. The highest BCUT2D eigenvalue weighted by Gasteiger charge is 2.16. The van der Waals surface area contributed by atoms with Gasteiger partial charge in [-0.1, -0.05) is 12.1 Å². The van der Waals surface area contributed by atoms with E-state index < -0.39 is 11.9 Å². The molecular formula is C12H13NO3. The Morgan fingerprint density at radius 1 is 1.50 bits per heavy atom. The van der Waals surface area contributed by atoms with Crippen LogP contribution in [-0.4, -0.2) is 17.7 Å². The van der Waals surface area contributed by atoms with Crippen LogP contribution < -0.4 is 4.74 Å². The Bertz CT molecular complexity index is 392. The number of hydrogen-bond donors (Lipinski definition) is 1. The first-order chi connectivity index (χ1) is 7.67. The van der Waals surface area contributed by atoms with Crippen molar-refractivity contribution in [2.75, 3.05) is 6.61 Å². The average Bonchev–Trinajstić information content (AvgIpc) is 2.28. The Hall–Kier alpha value is -2.02. The van der Waals surface area contributed by atoms with E-state index in [4.69, 9.17) is 15.1 Å². The quantitative estimate of drug-likeness (QED) is 0.820.